The van der Waals surface area contributed by atoms with Gasteiger partial charge in [-0.1, -0.05) is 11.3 Å². The van der Waals surface area contributed by atoms with Crippen LogP contribution in [-0.4, -0.2) is 41.7 Å². The van der Waals surface area contributed by atoms with Crippen molar-refractivity contribution in [2.75, 3.05) is 18.9 Å². The summed E-state index contributed by atoms with van der Waals surface area (Å²) in [4.78, 5) is 30.3. The van der Waals surface area contributed by atoms with Gasteiger partial charge in [-0.3, -0.25) is 9.59 Å². The molecule has 0 saturated heterocycles. The van der Waals surface area contributed by atoms with Gasteiger partial charge in [-0.15, -0.1) is 24.5 Å². The van der Waals surface area contributed by atoms with Gasteiger partial charge in [0.2, 0.25) is 5.91 Å². The number of rotatable bonds is 5. The van der Waals surface area contributed by atoms with Crippen LogP contribution in [0.1, 0.15) is 9.67 Å². The van der Waals surface area contributed by atoms with Crippen molar-refractivity contribution in [3.05, 3.63) is 39.0 Å². The van der Waals surface area contributed by atoms with Crippen molar-refractivity contribution >= 4 is 65.8 Å². The highest BCUT2D eigenvalue weighted by Gasteiger charge is 2.31. The van der Waals surface area contributed by atoms with Crippen molar-refractivity contribution in [3.8, 4) is 5.75 Å². The maximum absolute atomic E-state index is 12.3. The zero-order chi connectivity index (χ0) is 20.5. The number of carbonyl (C=O) groups is 2. The number of anilines is 1. The van der Waals surface area contributed by atoms with Crippen LogP contribution in [0.4, 0.5) is 18.3 Å². The lowest BCUT2D eigenvalue weighted by Gasteiger charge is -2.15. The molecule has 28 heavy (non-hydrogen) atoms. The quantitative estimate of drug-likeness (QED) is 0.557. The molecule has 1 N–H and O–H groups in total. The highest BCUT2D eigenvalue weighted by molar-refractivity contribution is 9.11. The minimum Gasteiger partial charge on any atom is -0.406 e. The molecule has 12 heteroatoms. The Morgan fingerprint density at radius 2 is 2.00 bits per heavy atom. The second-order valence-electron chi connectivity index (χ2n) is 5.51. The zero-order valence-electron chi connectivity index (χ0n) is 14.0. The highest BCUT2D eigenvalue weighted by atomic mass is 79.9. The summed E-state index contributed by atoms with van der Waals surface area (Å²) in [5.74, 6) is -1.14. The predicted molar refractivity (Wildman–Crippen MR) is 104 cm³/mol. The van der Waals surface area contributed by atoms with E-state index in [9.17, 15) is 22.8 Å². The van der Waals surface area contributed by atoms with Crippen LogP contribution in [0.3, 0.4) is 0 Å². The predicted octanol–water partition coefficient (Wildman–Crippen LogP) is 4.73. The molecule has 2 amide bonds. The van der Waals surface area contributed by atoms with Crippen molar-refractivity contribution in [2.45, 2.75) is 6.36 Å². The van der Waals surface area contributed by atoms with Gasteiger partial charge in [-0.25, -0.2) is 4.98 Å². The zero-order valence-corrected chi connectivity index (χ0v) is 17.3. The number of carbonyl (C=O) groups excluding carboxylic acids is 2. The second kappa shape index (κ2) is 8.05. The molecule has 0 saturated carbocycles. The van der Waals surface area contributed by atoms with Crippen molar-refractivity contribution in [1.29, 1.82) is 0 Å². The Balaban J connectivity index is 1.65. The van der Waals surface area contributed by atoms with E-state index in [0.29, 0.717) is 15.1 Å². The number of ether oxygens (including phenoxy) is 1. The van der Waals surface area contributed by atoms with Crippen molar-refractivity contribution in [2.24, 2.45) is 0 Å². The fourth-order valence-electron chi connectivity index (χ4n) is 2.22. The van der Waals surface area contributed by atoms with E-state index in [1.807, 2.05) is 0 Å². The van der Waals surface area contributed by atoms with Crippen LogP contribution in [0.5, 0.6) is 5.75 Å². The molecule has 3 rings (SSSR count). The second-order valence-corrected chi connectivity index (χ2v) is 9.00. The van der Waals surface area contributed by atoms with Gasteiger partial charge >= 0.3 is 6.36 Å². The van der Waals surface area contributed by atoms with Crippen LogP contribution in [0.25, 0.3) is 10.2 Å². The molecule has 0 unspecified atom stereocenters. The van der Waals surface area contributed by atoms with Crippen molar-refractivity contribution in [1.82, 2.24) is 9.88 Å². The minimum absolute atomic E-state index is 0.202. The van der Waals surface area contributed by atoms with E-state index < -0.39 is 12.3 Å². The molecule has 0 aliphatic carbocycles. The van der Waals surface area contributed by atoms with Crippen LogP contribution in [0, 0.1) is 0 Å². The van der Waals surface area contributed by atoms with Crippen molar-refractivity contribution < 1.29 is 27.5 Å². The van der Waals surface area contributed by atoms with E-state index >= 15 is 0 Å². The third-order valence-corrected chi connectivity index (χ3v) is 5.90. The highest BCUT2D eigenvalue weighted by Crippen LogP contribution is 2.31. The Labute approximate surface area is 173 Å². The van der Waals surface area contributed by atoms with Crippen LogP contribution in [-0.2, 0) is 4.79 Å². The van der Waals surface area contributed by atoms with Gasteiger partial charge in [-0.05, 0) is 40.2 Å². The maximum Gasteiger partial charge on any atom is 0.573 e. The fraction of sp³-hybridized carbons (Fsp3) is 0.188. The molecule has 0 radical (unpaired) electrons. The van der Waals surface area contributed by atoms with Gasteiger partial charge in [-0.2, -0.15) is 0 Å². The number of benzene rings is 1. The molecule has 0 aliphatic rings. The van der Waals surface area contributed by atoms with Gasteiger partial charge in [0.05, 0.1) is 25.4 Å². The van der Waals surface area contributed by atoms with Gasteiger partial charge in [0.1, 0.15) is 5.75 Å². The number of hydrogen-bond donors (Lipinski definition) is 1. The molecule has 0 bridgehead atoms. The third kappa shape index (κ3) is 5.20. The molecule has 2 heterocycles. The van der Waals surface area contributed by atoms with Gasteiger partial charge < -0.3 is 15.0 Å². The average molecular weight is 494 g/mol. The number of aromatic nitrogens is 1. The Morgan fingerprint density at radius 3 is 2.64 bits per heavy atom. The number of amides is 2. The summed E-state index contributed by atoms with van der Waals surface area (Å²) in [5, 5.41) is 2.76. The minimum atomic E-state index is -4.79. The lowest BCUT2D eigenvalue weighted by molar-refractivity contribution is -0.274. The maximum atomic E-state index is 12.3. The number of nitrogens with one attached hydrogen (secondary N) is 1. The summed E-state index contributed by atoms with van der Waals surface area (Å²) in [6.45, 7) is -0.202. The molecular weight excluding hydrogens is 483 g/mol. The molecule has 6 nitrogen and oxygen atoms in total. The number of thiazole rings is 1. The summed E-state index contributed by atoms with van der Waals surface area (Å²) in [7, 11) is 1.49. The third-order valence-electron chi connectivity index (χ3n) is 3.35. The first-order valence-electron chi connectivity index (χ1n) is 7.58. The SMILES string of the molecule is CN(CC(=O)Nc1nc2ccc(OC(F)(F)F)cc2s1)C(=O)c1ccc(Br)s1. The monoisotopic (exact) mass is 493 g/mol. The van der Waals surface area contributed by atoms with Gasteiger partial charge in [0.15, 0.2) is 5.13 Å². The number of thiophene rings is 1. The smallest absolute Gasteiger partial charge is 0.406 e. The summed E-state index contributed by atoms with van der Waals surface area (Å²) in [5.41, 5.74) is 0.419. The first-order valence-corrected chi connectivity index (χ1v) is 10.0. The molecule has 1 aromatic carbocycles. The lowest BCUT2D eigenvalue weighted by Crippen LogP contribution is -2.34. The lowest BCUT2D eigenvalue weighted by atomic mass is 10.3. The Morgan fingerprint density at radius 1 is 1.25 bits per heavy atom. The molecule has 0 spiro atoms. The van der Waals surface area contributed by atoms with Crippen LogP contribution in [0.2, 0.25) is 0 Å². The average Bonchev–Trinajstić information content (AvgIpc) is 3.17. The van der Waals surface area contributed by atoms with Gasteiger partial charge in [0.25, 0.3) is 5.91 Å². The number of hydrogen-bond acceptors (Lipinski definition) is 6. The molecule has 0 aliphatic heterocycles. The molecule has 3 aromatic rings. The topological polar surface area (TPSA) is 71.5 Å². The molecular formula is C16H11BrF3N3O3S2. The first-order chi connectivity index (χ1) is 13.1. The number of fused-ring (bicyclic) bond motifs is 1. The van der Waals surface area contributed by atoms with E-state index in [1.54, 1.807) is 12.1 Å². The number of likely N-dealkylation sites (N-methyl/N-ethyl adjacent to an activating group) is 1. The molecule has 2 aromatic heterocycles. The molecule has 0 fully saturated rings. The number of alkyl halides is 3. The molecule has 148 valence electrons. The number of nitrogens with zero attached hydrogens (tertiary/aromatic N) is 2. The molecule has 0 atom stereocenters. The van der Waals surface area contributed by atoms with Crippen LogP contribution in [0.15, 0.2) is 34.1 Å². The first kappa shape index (κ1) is 20.6. The fourth-order valence-corrected chi connectivity index (χ4v) is 4.51. The Bertz CT molecular complexity index is 1030. The summed E-state index contributed by atoms with van der Waals surface area (Å²) < 4.78 is 42.0. The normalized spacial score (nSPS) is 11.5. The number of halogens is 4. The van der Waals surface area contributed by atoms with Crippen molar-refractivity contribution in [3.63, 3.8) is 0 Å². The van der Waals surface area contributed by atoms with Crippen LogP contribution >= 0.6 is 38.6 Å². The summed E-state index contributed by atoms with van der Waals surface area (Å²) in [6.07, 6.45) is -4.79. The van der Waals surface area contributed by atoms with E-state index in [-0.39, 0.29) is 23.3 Å². The van der Waals surface area contributed by atoms with E-state index in [4.69, 9.17) is 0 Å². The van der Waals surface area contributed by atoms with E-state index in [0.717, 1.165) is 21.2 Å². The van der Waals surface area contributed by atoms with E-state index in [1.165, 1.54) is 35.4 Å². The summed E-state index contributed by atoms with van der Waals surface area (Å²) in [6, 6.07) is 7.10. The van der Waals surface area contributed by atoms with Crippen LogP contribution < -0.4 is 10.1 Å². The Kier molecular flexibility index (Phi) is 5.91. The van der Waals surface area contributed by atoms with E-state index in [2.05, 4.69) is 31.0 Å². The largest absolute Gasteiger partial charge is 0.573 e. The standard InChI is InChI=1S/C16H11BrF3N3O3S2/c1-23(14(25)10-4-5-12(17)27-10)7-13(24)22-15-21-9-3-2-8(6-11(9)28-15)26-16(18,19)20/h2-6H,7H2,1H3,(H,21,22,24). The Hall–Kier alpha value is -2.18. The summed E-state index contributed by atoms with van der Waals surface area (Å²) >= 11 is 5.53. The van der Waals surface area contributed by atoms with Gasteiger partial charge in [0, 0.05) is 13.1 Å².